The molecule has 1 aromatic heterocycles. The lowest BCUT2D eigenvalue weighted by atomic mass is 9.45. The van der Waals surface area contributed by atoms with E-state index in [-0.39, 0.29) is 31.0 Å². The van der Waals surface area contributed by atoms with Gasteiger partial charge in [0, 0.05) is 18.9 Å². The van der Waals surface area contributed by atoms with Gasteiger partial charge >= 0.3 is 11.9 Å². The summed E-state index contributed by atoms with van der Waals surface area (Å²) in [6, 6.07) is 1.80. The third-order valence-electron chi connectivity index (χ3n) is 7.52. The van der Waals surface area contributed by atoms with Crippen LogP contribution in [0.25, 0.3) is 0 Å². The van der Waals surface area contributed by atoms with Crippen molar-refractivity contribution in [2.45, 2.75) is 51.7 Å². The Morgan fingerprint density at radius 2 is 2.17 bits per heavy atom. The number of hydrogen-bond acceptors (Lipinski definition) is 7. The molecule has 0 aromatic carbocycles. The van der Waals surface area contributed by atoms with Gasteiger partial charge in [0.15, 0.2) is 0 Å². The minimum atomic E-state index is -0.991. The number of ether oxygens (including phenoxy) is 2. The van der Waals surface area contributed by atoms with Crippen molar-refractivity contribution in [3.63, 3.8) is 0 Å². The van der Waals surface area contributed by atoms with Crippen LogP contribution in [0.2, 0.25) is 0 Å². The number of carbonyl (C=O) groups excluding carboxylic acids is 2. The summed E-state index contributed by atoms with van der Waals surface area (Å²) in [5, 5.41) is 20.7. The standard InChI is InChI=1S/C22H28O7/c1-13-8-19(28-14(2)25)22(12-24)16(10-23)4-3-5-18(22)21(13)9-17(29-20(21)26)15-6-7-27-11-15/h4,6-7,11,13,17-19,23-24H,3,5,8-10,12H2,1-2H3/t13-,17?,18-,19-,21-,22+/m1/s1. The van der Waals surface area contributed by atoms with E-state index in [0.29, 0.717) is 31.3 Å². The summed E-state index contributed by atoms with van der Waals surface area (Å²) in [7, 11) is 0. The molecule has 3 aliphatic rings. The second-order valence-corrected chi connectivity index (χ2v) is 8.65. The van der Waals surface area contributed by atoms with Gasteiger partial charge in [-0.3, -0.25) is 9.59 Å². The zero-order chi connectivity index (χ0) is 20.8. The molecule has 1 saturated carbocycles. The fraction of sp³-hybridized carbons (Fsp3) is 0.636. The first-order valence-corrected chi connectivity index (χ1v) is 10.2. The summed E-state index contributed by atoms with van der Waals surface area (Å²) in [6.07, 6.45) is 6.29. The Hall–Kier alpha value is -2.12. The molecule has 2 fully saturated rings. The molecule has 6 atom stereocenters. The molecule has 2 N–H and O–H groups in total. The Morgan fingerprint density at radius 1 is 1.38 bits per heavy atom. The van der Waals surface area contributed by atoms with E-state index in [0.717, 1.165) is 5.56 Å². The maximum atomic E-state index is 13.4. The molecule has 2 aliphatic carbocycles. The molecule has 2 heterocycles. The van der Waals surface area contributed by atoms with Gasteiger partial charge in [-0.25, -0.2) is 0 Å². The average Bonchev–Trinajstić information content (AvgIpc) is 3.34. The number of fused-ring (bicyclic) bond motifs is 2. The summed E-state index contributed by atoms with van der Waals surface area (Å²) < 4.78 is 16.7. The summed E-state index contributed by atoms with van der Waals surface area (Å²) in [5.74, 6) is -1.12. The third kappa shape index (κ3) is 2.78. The van der Waals surface area contributed by atoms with Gasteiger partial charge in [-0.1, -0.05) is 13.0 Å². The molecule has 1 spiro atoms. The monoisotopic (exact) mass is 404 g/mol. The Kier molecular flexibility index (Phi) is 5.07. The van der Waals surface area contributed by atoms with Crippen molar-refractivity contribution in [3.8, 4) is 0 Å². The molecule has 7 nitrogen and oxygen atoms in total. The lowest BCUT2D eigenvalue weighted by Gasteiger charge is -2.59. The maximum absolute atomic E-state index is 13.4. The fourth-order valence-corrected chi connectivity index (χ4v) is 6.21. The highest BCUT2D eigenvalue weighted by Gasteiger charge is 2.69. The van der Waals surface area contributed by atoms with Gasteiger partial charge in [0.05, 0.1) is 36.6 Å². The number of carbonyl (C=O) groups is 2. The summed E-state index contributed by atoms with van der Waals surface area (Å²) in [4.78, 5) is 25.2. The lowest BCUT2D eigenvalue weighted by molar-refractivity contribution is -0.192. The van der Waals surface area contributed by atoms with Crippen LogP contribution in [0, 0.1) is 22.7 Å². The highest BCUT2D eigenvalue weighted by molar-refractivity contribution is 5.81. The summed E-state index contributed by atoms with van der Waals surface area (Å²) >= 11 is 0. The molecular formula is C22H28O7. The second-order valence-electron chi connectivity index (χ2n) is 8.65. The van der Waals surface area contributed by atoms with Crippen molar-refractivity contribution in [3.05, 3.63) is 35.8 Å². The Labute approximate surface area is 169 Å². The first-order chi connectivity index (χ1) is 13.9. The Balaban J connectivity index is 1.82. The quantitative estimate of drug-likeness (QED) is 0.587. The predicted octanol–water partition coefficient (Wildman–Crippen LogP) is 2.53. The van der Waals surface area contributed by atoms with Crippen LogP contribution < -0.4 is 0 Å². The molecule has 1 aromatic rings. The van der Waals surface area contributed by atoms with Crippen LogP contribution in [0.15, 0.2) is 34.7 Å². The smallest absolute Gasteiger partial charge is 0.313 e. The largest absolute Gasteiger partial charge is 0.472 e. The molecule has 0 bridgehead atoms. The van der Waals surface area contributed by atoms with Crippen LogP contribution in [0.1, 0.15) is 51.2 Å². The highest BCUT2D eigenvalue weighted by atomic mass is 16.6. The van der Waals surface area contributed by atoms with Gasteiger partial charge in [-0.15, -0.1) is 0 Å². The molecule has 1 aliphatic heterocycles. The normalized spacial score (nSPS) is 39.0. The second kappa shape index (κ2) is 7.29. The number of rotatable bonds is 4. The minimum Gasteiger partial charge on any atom is -0.472 e. The SMILES string of the molecule is CC(=O)O[C@@H]1C[C@@H](C)[C@]2(CC(c3ccoc3)OC2=O)[C@H]2CCC=C(CO)[C@@]21CO. The highest BCUT2D eigenvalue weighted by Crippen LogP contribution is 2.66. The van der Waals surface area contributed by atoms with Gasteiger partial charge in [-0.05, 0) is 42.7 Å². The molecule has 4 rings (SSSR count). The molecule has 29 heavy (non-hydrogen) atoms. The number of aliphatic hydroxyl groups is 2. The molecular weight excluding hydrogens is 376 g/mol. The van der Waals surface area contributed by atoms with Crippen LogP contribution in [0.4, 0.5) is 0 Å². The van der Waals surface area contributed by atoms with Crippen molar-refractivity contribution in [1.29, 1.82) is 0 Å². The maximum Gasteiger partial charge on any atom is 0.313 e. The zero-order valence-corrected chi connectivity index (χ0v) is 16.8. The van der Waals surface area contributed by atoms with Crippen molar-refractivity contribution in [1.82, 2.24) is 0 Å². The average molecular weight is 404 g/mol. The van der Waals surface area contributed by atoms with Crippen molar-refractivity contribution in [2.24, 2.45) is 22.7 Å². The van der Waals surface area contributed by atoms with E-state index < -0.39 is 29.0 Å². The van der Waals surface area contributed by atoms with E-state index in [1.165, 1.54) is 6.92 Å². The first-order valence-electron chi connectivity index (χ1n) is 10.2. The van der Waals surface area contributed by atoms with E-state index in [4.69, 9.17) is 13.9 Å². The molecule has 1 unspecified atom stereocenters. The number of furan rings is 1. The summed E-state index contributed by atoms with van der Waals surface area (Å²) in [5.41, 5.74) is -0.355. The van der Waals surface area contributed by atoms with E-state index in [1.54, 1.807) is 18.6 Å². The topological polar surface area (TPSA) is 106 Å². The van der Waals surface area contributed by atoms with Crippen LogP contribution in [0.3, 0.4) is 0 Å². The molecule has 7 heteroatoms. The van der Waals surface area contributed by atoms with Crippen molar-refractivity contribution in [2.75, 3.05) is 13.2 Å². The van der Waals surface area contributed by atoms with Crippen LogP contribution in [0.5, 0.6) is 0 Å². The van der Waals surface area contributed by atoms with Crippen LogP contribution in [-0.4, -0.2) is 41.5 Å². The van der Waals surface area contributed by atoms with Crippen molar-refractivity contribution < 1.29 is 33.7 Å². The van der Waals surface area contributed by atoms with Gasteiger partial charge in [0.25, 0.3) is 0 Å². The third-order valence-corrected chi connectivity index (χ3v) is 7.52. The fourth-order valence-electron chi connectivity index (χ4n) is 6.21. The zero-order valence-electron chi connectivity index (χ0n) is 16.8. The van der Waals surface area contributed by atoms with Gasteiger partial charge in [0.2, 0.25) is 0 Å². The molecule has 0 radical (unpaired) electrons. The first kappa shape index (κ1) is 20.2. The van der Waals surface area contributed by atoms with E-state index in [1.807, 2.05) is 13.0 Å². The lowest BCUT2D eigenvalue weighted by Crippen LogP contribution is -2.63. The van der Waals surface area contributed by atoms with Crippen LogP contribution in [-0.2, 0) is 19.1 Å². The van der Waals surface area contributed by atoms with Crippen molar-refractivity contribution >= 4 is 11.9 Å². The van der Waals surface area contributed by atoms with Gasteiger partial charge in [-0.2, -0.15) is 0 Å². The predicted molar refractivity (Wildman–Crippen MR) is 101 cm³/mol. The Bertz CT molecular complexity index is 813. The van der Waals surface area contributed by atoms with Crippen LogP contribution >= 0.6 is 0 Å². The number of esters is 2. The van der Waals surface area contributed by atoms with E-state index in [2.05, 4.69) is 0 Å². The Morgan fingerprint density at radius 3 is 2.79 bits per heavy atom. The van der Waals surface area contributed by atoms with E-state index >= 15 is 0 Å². The van der Waals surface area contributed by atoms with E-state index in [9.17, 15) is 19.8 Å². The summed E-state index contributed by atoms with van der Waals surface area (Å²) in [6.45, 7) is 2.78. The minimum absolute atomic E-state index is 0.112. The number of cyclic esters (lactones) is 1. The van der Waals surface area contributed by atoms with Gasteiger partial charge in [0.1, 0.15) is 12.2 Å². The number of allylic oxidation sites excluding steroid dienone is 1. The molecule has 158 valence electrons. The number of hydrogen-bond donors (Lipinski definition) is 2. The van der Waals surface area contributed by atoms with Gasteiger partial charge < -0.3 is 24.1 Å². The molecule has 1 saturated heterocycles. The number of aliphatic hydroxyl groups excluding tert-OH is 2. The molecule has 0 amide bonds.